The van der Waals surface area contributed by atoms with Crippen LogP contribution in [-0.4, -0.2) is 63.3 Å². The highest BCUT2D eigenvalue weighted by Crippen LogP contribution is 2.45. The first-order valence-electron chi connectivity index (χ1n) is 10.0. The molecule has 0 aliphatic heterocycles. The monoisotopic (exact) mass is 610 g/mol. The van der Waals surface area contributed by atoms with E-state index in [1.807, 2.05) is 0 Å². The largest absolute Gasteiger partial charge is 0.506 e. The number of rotatable bonds is 8. The van der Waals surface area contributed by atoms with E-state index >= 15 is 0 Å². The van der Waals surface area contributed by atoms with Gasteiger partial charge in [0.1, 0.15) is 26.9 Å². The van der Waals surface area contributed by atoms with E-state index < -0.39 is 88.5 Å². The number of aromatic hydroxyl groups is 2. The molecule has 0 saturated carbocycles. The molecule has 0 bridgehead atoms. The van der Waals surface area contributed by atoms with Gasteiger partial charge in [-0.1, -0.05) is 6.92 Å². The van der Waals surface area contributed by atoms with Gasteiger partial charge in [0.2, 0.25) is 0 Å². The zero-order valence-corrected chi connectivity index (χ0v) is 22.2. The molecule has 19 heteroatoms. The Kier molecular flexibility index (Phi) is 7.60. The van der Waals surface area contributed by atoms with Crippen LogP contribution in [0.15, 0.2) is 66.2 Å². The Morgan fingerprint density at radius 1 is 0.711 bits per heavy atom. The van der Waals surface area contributed by atoms with Crippen LogP contribution < -0.4 is 0 Å². The molecule has 0 radical (unpaired) electrons. The maximum atomic E-state index is 12.3. The van der Waals surface area contributed by atoms with Crippen LogP contribution in [0.1, 0.15) is 13.3 Å². The Morgan fingerprint density at radius 2 is 1.32 bits per heavy atom. The van der Waals surface area contributed by atoms with Gasteiger partial charge in [0.15, 0.2) is 15.6 Å². The summed E-state index contributed by atoms with van der Waals surface area (Å²) in [5, 5.41) is 26.2. The molecule has 3 aromatic rings. The smallest absolute Gasteiger partial charge is 0.296 e. The summed E-state index contributed by atoms with van der Waals surface area (Å²) in [5.74, 6) is -2.21. The fourth-order valence-corrected chi connectivity index (χ4v) is 6.70. The zero-order chi connectivity index (χ0) is 28.8. The maximum absolute atomic E-state index is 12.3. The molecule has 3 aromatic carbocycles. The molecular formula is C19H18N2O13S4. The molecule has 206 valence electrons. The number of phenolic OH excluding ortho intramolecular Hbond substituents is 2. The molecule has 3 rings (SSSR count). The molecule has 0 aromatic heterocycles. The van der Waals surface area contributed by atoms with Gasteiger partial charge in [-0.25, -0.2) is 8.42 Å². The minimum atomic E-state index is -5.33. The van der Waals surface area contributed by atoms with E-state index in [1.54, 1.807) is 6.92 Å². The average Bonchev–Trinajstić information content (AvgIpc) is 2.76. The molecule has 38 heavy (non-hydrogen) atoms. The second-order valence-electron chi connectivity index (χ2n) is 7.69. The van der Waals surface area contributed by atoms with Crippen molar-refractivity contribution in [2.24, 2.45) is 10.2 Å². The fourth-order valence-electron chi connectivity index (χ4n) is 3.34. The molecule has 0 heterocycles. The van der Waals surface area contributed by atoms with Crippen molar-refractivity contribution >= 4 is 62.3 Å². The molecule has 0 unspecified atom stereocenters. The number of hydrogen-bond donors (Lipinski definition) is 5. The molecule has 0 aliphatic rings. The van der Waals surface area contributed by atoms with Gasteiger partial charge in [-0.2, -0.15) is 25.3 Å². The standard InChI is InChI=1S/C19H18N2O13S4/c1-2-5-35(24,25)11-3-4-14(22)13(8-11)20-21-18-16(38(32,33)34)7-10-6-12(36(26,27)28)9-15(37(29,30)31)17(10)19(18)23/h3-4,6-9,22-23H,2,5H2,1H3,(H,26,27,28)(H,29,30,31)(H,32,33,34). The predicted octanol–water partition coefficient (Wildman–Crippen LogP) is 2.59. The summed E-state index contributed by atoms with van der Waals surface area (Å²) < 4.78 is 124. The molecule has 0 fully saturated rings. The minimum absolute atomic E-state index is 0.253. The first-order valence-corrected chi connectivity index (χ1v) is 16.0. The van der Waals surface area contributed by atoms with E-state index in [0.717, 1.165) is 18.2 Å². The summed E-state index contributed by atoms with van der Waals surface area (Å²) in [5.41, 5.74) is -1.65. The van der Waals surface area contributed by atoms with Gasteiger partial charge in [0, 0.05) is 5.39 Å². The topological polar surface area (TPSA) is 262 Å². The molecule has 5 N–H and O–H groups in total. The van der Waals surface area contributed by atoms with Crippen molar-refractivity contribution < 1.29 is 57.5 Å². The first kappa shape index (κ1) is 29.4. The first-order chi connectivity index (χ1) is 17.3. The van der Waals surface area contributed by atoms with Crippen LogP contribution in [0, 0.1) is 0 Å². The summed E-state index contributed by atoms with van der Waals surface area (Å²) in [6.07, 6.45) is 0.262. The number of benzene rings is 3. The van der Waals surface area contributed by atoms with Crippen LogP contribution in [-0.2, 0) is 40.2 Å². The van der Waals surface area contributed by atoms with E-state index in [2.05, 4.69) is 10.2 Å². The number of nitrogens with zero attached hydrogens (tertiary/aromatic N) is 2. The van der Waals surface area contributed by atoms with Crippen molar-refractivity contribution in [3.8, 4) is 11.5 Å². The second kappa shape index (κ2) is 9.84. The SMILES string of the molecule is CCCS(=O)(=O)c1ccc(O)c(N=Nc2c(S(=O)(=O)O)cc3cc(S(=O)(=O)O)cc(S(=O)(=O)O)c3c2O)c1. The van der Waals surface area contributed by atoms with Gasteiger partial charge in [-0.3, -0.25) is 13.7 Å². The number of fused-ring (bicyclic) bond motifs is 1. The van der Waals surface area contributed by atoms with Gasteiger partial charge in [0.05, 0.1) is 15.5 Å². The Bertz CT molecular complexity index is 1930. The van der Waals surface area contributed by atoms with E-state index in [4.69, 9.17) is 0 Å². The van der Waals surface area contributed by atoms with Crippen molar-refractivity contribution in [2.75, 3.05) is 5.75 Å². The van der Waals surface area contributed by atoms with Gasteiger partial charge in [-0.15, -0.1) is 10.2 Å². The van der Waals surface area contributed by atoms with Crippen LogP contribution in [0.25, 0.3) is 10.8 Å². The summed E-state index contributed by atoms with van der Waals surface area (Å²) in [7, 11) is -19.5. The Morgan fingerprint density at radius 3 is 1.84 bits per heavy atom. The van der Waals surface area contributed by atoms with E-state index in [0.29, 0.717) is 12.1 Å². The Balaban J connectivity index is 2.41. The lowest BCUT2D eigenvalue weighted by Crippen LogP contribution is -2.06. The summed E-state index contributed by atoms with van der Waals surface area (Å²) >= 11 is 0. The molecule has 15 nitrogen and oxygen atoms in total. The third-order valence-electron chi connectivity index (χ3n) is 4.98. The predicted molar refractivity (Wildman–Crippen MR) is 130 cm³/mol. The third kappa shape index (κ3) is 5.93. The van der Waals surface area contributed by atoms with Crippen molar-refractivity contribution in [1.29, 1.82) is 0 Å². The highest BCUT2D eigenvalue weighted by atomic mass is 32.2. The quantitative estimate of drug-likeness (QED) is 0.182. The van der Waals surface area contributed by atoms with Gasteiger partial charge < -0.3 is 10.2 Å². The van der Waals surface area contributed by atoms with Crippen molar-refractivity contribution in [1.82, 2.24) is 0 Å². The molecule has 0 aliphatic carbocycles. The van der Waals surface area contributed by atoms with Gasteiger partial charge in [0.25, 0.3) is 30.4 Å². The summed E-state index contributed by atoms with van der Waals surface area (Å²) in [4.78, 5) is -3.90. The highest BCUT2D eigenvalue weighted by molar-refractivity contribution is 7.91. The van der Waals surface area contributed by atoms with Crippen LogP contribution in [0.4, 0.5) is 11.4 Å². The van der Waals surface area contributed by atoms with E-state index in [-0.39, 0.29) is 23.1 Å². The molecule has 0 atom stereocenters. The van der Waals surface area contributed by atoms with Gasteiger partial charge in [-0.05, 0) is 48.2 Å². The minimum Gasteiger partial charge on any atom is -0.506 e. The van der Waals surface area contributed by atoms with Crippen molar-refractivity contribution in [3.63, 3.8) is 0 Å². The number of azo groups is 1. The van der Waals surface area contributed by atoms with E-state index in [1.165, 1.54) is 0 Å². The van der Waals surface area contributed by atoms with Crippen LogP contribution in [0.5, 0.6) is 11.5 Å². The third-order valence-corrected chi connectivity index (χ3v) is 9.47. The fraction of sp³-hybridized carbons (Fsp3) is 0.158. The summed E-state index contributed by atoms with van der Waals surface area (Å²) in [6, 6.07) is 4.20. The molecule has 0 amide bonds. The Hall–Kier alpha value is -3.20. The lowest BCUT2D eigenvalue weighted by Gasteiger charge is -2.12. The van der Waals surface area contributed by atoms with Crippen molar-refractivity contribution in [3.05, 3.63) is 36.4 Å². The lowest BCUT2D eigenvalue weighted by atomic mass is 10.1. The lowest BCUT2D eigenvalue weighted by molar-refractivity contribution is 0.469. The average molecular weight is 611 g/mol. The molecule has 0 saturated heterocycles. The Labute approximate surface area is 216 Å². The van der Waals surface area contributed by atoms with Crippen LogP contribution in [0.3, 0.4) is 0 Å². The van der Waals surface area contributed by atoms with E-state index in [9.17, 15) is 57.5 Å². The summed E-state index contributed by atoms with van der Waals surface area (Å²) in [6.45, 7) is 1.61. The number of sulfone groups is 1. The van der Waals surface area contributed by atoms with Crippen LogP contribution in [0.2, 0.25) is 0 Å². The molecular weight excluding hydrogens is 592 g/mol. The normalized spacial score (nSPS) is 13.4. The zero-order valence-electron chi connectivity index (χ0n) is 18.9. The molecule has 0 spiro atoms. The number of hydrogen-bond acceptors (Lipinski definition) is 12. The van der Waals surface area contributed by atoms with Gasteiger partial charge >= 0.3 is 0 Å². The van der Waals surface area contributed by atoms with Crippen molar-refractivity contribution in [2.45, 2.75) is 32.9 Å². The maximum Gasteiger partial charge on any atom is 0.296 e. The highest BCUT2D eigenvalue weighted by Gasteiger charge is 2.28. The second-order valence-corrected chi connectivity index (χ2v) is 14.0. The van der Waals surface area contributed by atoms with Crippen LogP contribution >= 0.6 is 0 Å². The number of phenols is 2.